The van der Waals surface area contributed by atoms with E-state index in [1.54, 1.807) is 23.1 Å². The molecule has 74 valence electrons. The van der Waals surface area contributed by atoms with Crippen molar-refractivity contribution < 1.29 is 4.42 Å². The molecule has 14 heavy (non-hydrogen) atoms. The first-order valence-corrected chi connectivity index (χ1v) is 6.18. The van der Waals surface area contributed by atoms with E-state index in [0.29, 0.717) is 11.1 Å². The van der Waals surface area contributed by atoms with Crippen LogP contribution in [0.1, 0.15) is 12.5 Å². The van der Waals surface area contributed by atoms with Crippen molar-refractivity contribution in [3.63, 3.8) is 0 Å². The zero-order chi connectivity index (χ0) is 9.97. The lowest BCUT2D eigenvalue weighted by atomic mass is 10.3. The lowest BCUT2D eigenvalue weighted by molar-refractivity contribution is 0.467. The first-order chi connectivity index (χ1) is 6.81. The Bertz CT molecular complexity index is 422. The van der Waals surface area contributed by atoms with Gasteiger partial charge in [-0.15, -0.1) is 21.5 Å². The Kier molecular flexibility index (Phi) is 2.88. The number of thiophene rings is 1. The Balaban J connectivity index is 2.29. The summed E-state index contributed by atoms with van der Waals surface area (Å²) in [6.45, 7) is 4.10. The predicted octanol–water partition coefficient (Wildman–Crippen LogP) is 3.22. The highest BCUT2D eigenvalue weighted by atomic mass is 32.2. The molecule has 0 saturated carbocycles. The zero-order valence-corrected chi connectivity index (χ0v) is 9.61. The van der Waals surface area contributed by atoms with E-state index in [9.17, 15) is 0 Å². The topological polar surface area (TPSA) is 38.9 Å². The second kappa shape index (κ2) is 4.14. The summed E-state index contributed by atoms with van der Waals surface area (Å²) >= 11 is 3.19. The fraction of sp³-hybridized carbons (Fsp3) is 0.333. The number of hydrogen-bond donors (Lipinski definition) is 0. The van der Waals surface area contributed by atoms with Crippen LogP contribution < -0.4 is 0 Å². The van der Waals surface area contributed by atoms with Gasteiger partial charge in [-0.05, 0) is 29.7 Å². The highest BCUT2D eigenvalue weighted by molar-refractivity contribution is 7.99. The smallest absolute Gasteiger partial charge is 0.276 e. The van der Waals surface area contributed by atoms with E-state index < -0.39 is 0 Å². The fourth-order valence-corrected chi connectivity index (χ4v) is 2.40. The Morgan fingerprint density at radius 3 is 3.00 bits per heavy atom. The lowest BCUT2D eigenvalue weighted by Crippen LogP contribution is -1.74. The summed E-state index contributed by atoms with van der Waals surface area (Å²) in [5.41, 5.74) is 1.19. The fourth-order valence-electron chi connectivity index (χ4n) is 1.08. The minimum Gasteiger partial charge on any atom is -0.410 e. The van der Waals surface area contributed by atoms with Crippen molar-refractivity contribution in [3.05, 3.63) is 17.0 Å². The second-order valence-corrected chi connectivity index (χ2v) is 4.87. The number of hydrogen-bond acceptors (Lipinski definition) is 5. The quantitative estimate of drug-likeness (QED) is 0.753. The van der Waals surface area contributed by atoms with Gasteiger partial charge >= 0.3 is 0 Å². The first-order valence-electron chi connectivity index (χ1n) is 4.32. The average Bonchev–Trinajstić information content (AvgIpc) is 2.74. The maximum Gasteiger partial charge on any atom is 0.276 e. The molecule has 0 radical (unpaired) electrons. The summed E-state index contributed by atoms with van der Waals surface area (Å²) in [7, 11) is 0. The minimum absolute atomic E-state index is 0.633. The average molecular weight is 226 g/mol. The Labute approximate surface area is 90.5 Å². The van der Waals surface area contributed by atoms with Crippen LogP contribution in [0.4, 0.5) is 0 Å². The van der Waals surface area contributed by atoms with Gasteiger partial charge in [-0.1, -0.05) is 18.7 Å². The SMILES string of the molecule is CCSc1nnc(-c2sccc2C)o1. The molecule has 0 aromatic carbocycles. The maximum atomic E-state index is 5.50. The summed E-state index contributed by atoms with van der Waals surface area (Å²) in [5, 5.41) is 10.6. The van der Waals surface area contributed by atoms with Gasteiger partial charge in [0.15, 0.2) is 0 Å². The van der Waals surface area contributed by atoms with Crippen molar-refractivity contribution in [3.8, 4) is 10.8 Å². The highest BCUT2D eigenvalue weighted by Gasteiger charge is 2.11. The van der Waals surface area contributed by atoms with Crippen molar-refractivity contribution in [2.45, 2.75) is 19.1 Å². The van der Waals surface area contributed by atoms with Crippen LogP contribution in [0, 0.1) is 6.92 Å². The van der Waals surface area contributed by atoms with E-state index in [4.69, 9.17) is 4.42 Å². The van der Waals surface area contributed by atoms with Gasteiger partial charge in [0.05, 0.1) is 4.88 Å². The number of rotatable bonds is 3. The van der Waals surface area contributed by atoms with Gasteiger partial charge in [0, 0.05) is 0 Å². The Morgan fingerprint density at radius 2 is 2.36 bits per heavy atom. The summed E-state index contributed by atoms with van der Waals surface area (Å²) in [6.07, 6.45) is 0. The molecule has 0 amide bonds. The summed E-state index contributed by atoms with van der Waals surface area (Å²) in [6, 6.07) is 2.05. The largest absolute Gasteiger partial charge is 0.410 e. The molecule has 2 aromatic heterocycles. The van der Waals surface area contributed by atoms with E-state index in [2.05, 4.69) is 23.2 Å². The Hall–Kier alpha value is -0.810. The van der Waals surface area contributed by atoms with Crippen LogP contribution in [-0.2, 0) is 0 Å². The van der Waals surface area contributed by atoms with Gasteiger partial charge in [-0.3, -0.25) is 0 Å². The number of aryl methyl sites for hydroxylation is 1. The molecule has 0 atom stereocenters. The van der Waals surface area contributed by atoms with Crippen LogP contribution in [0.5, 0.6) is 0 Å². The molecule has 0 aliphatic carbocycles. The molecule has 0 fully saturated rings. The van der Waals surface area contributed by atoms with Crippen LogP contribution in [-0.4, -0.2) is 16.0 Å². The third-order valence-electron chi connectivity index (χ3n) is 1.73. The van der Waals surface area contributed by atoms with Crippen LogP contribution in [0.15, 0.2) is 21.1 Å². The van der Waals surface area contributed by atoms with E-state index in [1.807, 2.05) is 12.3 Å². The molecular formula is C9H10N2OS2. The number of thioether (sulfide) groups is 1. The molecule has 2 rings (SSSR count). The lowest BCUT2D eigenvalue weighted by Gasteiger charge is -1.90. The van der Waals surface area contributed by atoms with Crippen molar-refractivity contribution >= 4 is 23.1 Å². The van der Waals surface area contributed by atoms with Gasteiger partial charge in [-0.25, -0.2) is 0 Å². The molecule has 2 aromatic rings. The molecule has 0 N–H and O–H groups in total. The first kappa shape index (κ1) is 9.73. The summed E-state index contributed by atoms with van der Waals surface area (Å²) in [4.78, 5) is 1.07. The molecule has 0 saturated heterocycles. The molecule has 0 aliphatic rings. The summed E-state index contributed by atoms with van der Waals surface area (Å²) < 4.78 is 5.50. The predicted molar refractivity (Wildman–Crippen MR) is 58.7 cm³/mol. The van der Waals surface area contributed by atoms with Crippen LogP contribution in [0.2, 0.25) is 0 Å². The van der Waals surface area contributed by atoms with Gasteiger partial charge in [0.2, 0.25) is 0 Å². The molecule has 0 bridgehead atoms. The molecule has 2 heterocycles. The normalized spacial score (nSPS) is 10.7. The second-order valence-electron chi connectivity index (χ2n) is 2.74. The van der Waals surface area contributed by atoms with E-state index in [1.165, 1.54) is 5.56 Å². The zero-order valence-electron chi connectivity index (χ0n) is 7.98. The van der Waals surface area contributed by atoms with Crippen molar-refractivity contribution in [2.24, 2.45) is 0 Å². The van der Waals surface area contributed by atoms with Crippen molar-refractivity contribution in [1.29, 1.82) is 0 Å². The molecule has 3 nitrogen and oxygen atoms in total. The molecule has 0 spiro atoms. The Morgan fingerprint density at radius 1 is 1.50 bits per heavy atom. The van der Waals surface area contributed by atoms with Crippen LogP contribution in [0.3, 0.4) is 0 Å². The highest BCUT2D eigenvalue weighted by Crippen LogP contribution is 2.29. The third kappa shape index (κ3) is 1.83. The molecule has 0 unspecified atom stereocenters. The van der Waals surface area contributed by atoms with Crippen LogP contribution in [0.25, 0.3) is 10.8 Å². The van der Waals surface area contributed by atoms with E-state index in [0.717, 1.165) is 10.6 Å². The van der Waals surface area contributed by atoms with Crippen molar-refractivity contribution in [2.75, 3.05) is 5.75 Å². The summed E-state index contributed by atoms with van der Waals surface area (Å²) in [5.74, 6) is 1.58. The van der Waals surface area contributed by atoms with Gasteiger partial charge in [0.25, 0.3) is 11.1 Å². The van der Waals surface area contributed by atoms with E-state index >= 15 is 0 Å². The minimum atomic E-state index is 0.633. The van der Waals surface area contributed by atoms with E-state index in [-0.39, 0.29) is 0 Å². The van der Waals surface area contributed by atoms with Gasteiger partial charge in [-0.2, -0.15) is 0 Å². The number of aromatic nitrogens is 2. The van der Waals surface area contributed by atoms with Gasteiger partial charge < -0.3 is 4.42 Å². The monoisotopic (exact) mass is 226 g/mol. The third-order valence-corrected chi connectivity index (χ3v) is 3.44. The molecule has 0 aliphatic heterocycles. The van der Waals surface area contributed by atoms with Crippen molar-refractivity contribution in [1.82, 2.24) is 10.2 Å². The van der Waals surface area contributed by atoms with Gasteiger partial charge in [0.1, 0.15) is 0 Å². The molecular weight excluding hydrogens is 216 g/mol. The maximum absolute atomic E-state index is 5.50. The number of nitrogens with zero attached hydrogens (tertiary/aromatic N) is 2. The molecule has 5 heteroatoms. The standard InChI is InChI=1S/C9H10N2OS2/c1-3-13-9-11-10-8(12-9)7-6(2)4-5-14-7/h4-5H,3H2,1-2H3. The van der Waals surface area contributed by atoms with Crippen LogP contribution >= 0.6 is 23.1 Å².